The Balaban J connectivity index is 1.44. The van der Waals surface area contributed by atoms with Crippen LogP contribution in [0.2, 0.25) is 5.02 Å². The van der Waals surface area contributed by atoms with Crippen LogP contribution in [0.5, 0.6) is 5.75 Å². The van der Waals surface area contributed by atoms with Gasteiger partial charge < -0.3 is 20.1 Å². The van der Waals surface area contributed by atoms with Crippen LogP contribution in [0.1, 0.15) is 62.8 Å². The SMILES string of the molecule is CC(C)(C)Oc1ccc(C(O)C(CN2CCCC2)NC(=O)CC2Cc3ccccc3C2)cc1Cl. The molecule has 4 rings (SSSR count). The highest BCUT2D eigenvalue weighted by atomic mass is 35.5. The monoisotopic (exact) mass is 484 g/mol. The van der Waals surface area contributed by atoms with Crippen molar-refractivity contribution < 1.29 is 14.6 Å². The fourth-order valence-electron chi connectivity index (χ4n) is 5.14. The maximum Gasteiger partial charge on any atom is 0.220 e. The van der Waals surface area contributed by atoms with Crippen molar-refractivity contribution in [3.8, 4) is 5.75 Å². The molecular formula is C28H37ClN2O3. The fraction of sp³-hybridized carbons (Fsp3) is 0.536. The van der Waals surface area contributed by atoms with E-state index < -0.39 is 12.1 Å². The number of halogens is 1. The number of hydrogen-bond acceptors (Lipinski definition) is 4. The van der Waals surface area contributed by atoms with Crippen molar-refractivity contribution in [3.63, 3.8) is 0 Å². The van der Waals surface area contributed by atoms with Gasteiger partial charge in [0.25, 0.3) is 0 Å². The minimum atomic E-state index is -0.855. The molecule has 1 amide bonds. The molecule has 0 radical (unpaired) electrons. The van der Waals surface area contributed by atoms with E-state index in [1.165, 1.54) is 11.1 Å². The number of fused-ring (bicyclic) bond motifs is 1. The maximum absolute atomic E-state index is 13.1. The lowest BCUT2D eigenvalue weighted by atomic mass is 9.99. The number of aliphatic hydroxyl groups is 1. The van der Waals surface area contributed by atoms with Gasteiger partial charge in [0.15, 0.2) is 0 Å². The molecule has 6 heteroatoms. The van der Waals surface area contributed by atoms with Gasteiger partial charge in [0.05, 0.1) is 11.1 Å². The van der Waals surface area contributed by atoms with Crippen molar-refractivity contribution in [2.45, 2.75) is 70.6 Å². The van der Waals surface area contributed by atoms with Gasteiger partial charge in [-0.15, -0.1) is 0 Å². The highest BCUT2D eigenvalue weighted by Crippen LogP contribution is 2.32. The Morgan fingerprint density at radius 2 is 1.79 bits per heavy atom. The molecule has 1 fully saturated rings. The lowest BCUT2D eigenvalue weighted by Crippen LogP contribution is -2.47. The zero-order valence-electron chi connectivity index (χ0n) is 20.5. The molecular weight excluding hydrogens is 448 g/mol. The molecule has 2 aromatic carbocycles. The van der Waals surface area contributed by atoms with Gasteiger partial charge in [-0.1, -0.05) is 41.9 Å². The van der Waals surface area contributed by atoms with Gasteiger partial charge in [-0.25, -0.2) is 0 Å². The average Bonchev–Trinajstić information content (AvgIpc) is 3.42. The Bertz CT molecular complexity index is 972. The number of nitrogens with one attached hydrogen (secondary N) is 1. The topological polar surface area (TPSA) is 61.8 Å². The van der Waals surface area contributed by atoms with Crippen molar-refractivity contribution in [2.24, 2.45) is 5.92 Å². The number of benzene rings is 2. The average molecular weight is 485 g/mol. The molecule has 0 aromatic heterocycles. The summed E-state index contributed by atoms with van der Waals surface area (Å²) in [4.78, 5) is 15.4. The highest BCUT2D eigenvalue weighted by molar-refractivity contribution is 6.32. The van der Waals surface area contributed by atoms with E-state index in [-0.39, 0.29) is 11.5 Å². The molecule has 2 unspecified atom stereocenters. The van der Waals surface area contributed by atoms with Gasteiger partial charge in [-0.3, -0.25) is 4.79 Å². The second-order valence-corrected chi connectivity index (χ2v) is 11.2. The lowest BCUT2D eigenvalue weighted by Gasteiger charge is -2.29. The van der Waals surface area contributed by atoms with Crippen LogP contribution in [0.4, 0.5) is 0 Å². The first-order valence-corrected chi connectivity index (χ1v) is 12.8. The standard InChI is InChI=1S/C28H37ClN2O3/c1-28(2,3)34-25-11-10-22(17-23(25)29)27(33)24(18-31-12-6-7-13-31)30-26(32)16-19-14-20-8-4-5-9-21(20)15-19/h4-5,8-11,17,19,24,27,33H,6-7,12-16,18H2,1-3H3,(H,30,32). The first-order valence-electron chi connectivity index (χ1n) is 12.4. The normalized spacial score (nSPS) is 18.5. The van der Waals surface area contributed by atoms with E-state index in [9.17, 15) is 9.90 Å². The number of hydrogen-bond donors (Lipinski definition) is 2. The van der Waals surface area contributed by atoms with E-state index in [0.29, 0.717) is 35.2 Å². The van der Waals surface area contributed by atoms with Crippen molar-refractivity contribution in [3.05, 3.63) is 64.2 Å². The van der Waals surface area contributed by atoms with Crippen LogP contribution < -0.4 is 10.1 Å². The molecule has 184 valence electrons. The number of amides is 1. The Kier molecular flexibility index (Phi) is 7.86. The molecule has 2 atom stereocenters. The molecule has 34 heavy (non-hydrogen) atoms. The third-order valence-corrected chi connectivity index (χ3v) is 7.00. The smallest absolute Gasteiger partial charge is 0.220 e. The summed E-state index contributed by atoms with van der Waals surface area (Å²) in [6, 6.07) is 13.4. The first-order chi connectivity index (χ1) is 16.2. The molecule has 2 aromatic rings. The van der Waals surface area contributed by atoms with Crippen LogP contribution in [0.3, 0.4) is 0 Å². The van der Waals surface area contributed by atoms with E-state index in [0.717, 1.165) is 38.8 Å². The van der Waals surface area contributed by atoms with Crippen LogP contribution in [-0.2, 0) is 17.6 Å². The highest BCUT2D eigenvalue weighted by Gasteiger charge is 2.29. The molecule has 2 N–H and O–H groups in total. The number of carbonyl (C=O) groups excluding carboxylic acids is 1. The second-order valence-electron chi connectivity index (χ2n) is 10.8. The summed E-state index contributed by atoms with van der Waals surface area (Å²) in [5, 5.41) is 14.9. The van der Waals surface area contributed by atoms with Crippen molar-refractivity contribution in [1.82, 2.24) is 10.2 Å². The van der Waals surface area contributed by atoms with E-state index in [2.05, 4.69) is 34.5 Å². The van der Waals surface area contributed by atoms with Crippen molar-refractivity contribution >= 4 is 17.5 Å². The van der Waals surface area contributed by atoms with Crippen LogP contribution >= 0.6 is 11.6 Å². The molecule has 0 saturated carbocycles. The second kappa shape index (κ2) is 10.7. The van der Waals surface area contributed by atoms with E-state index in [1.54, 1.807) is 12.1 Å². The third-order valence-electron chi connectivity index (χ3n) is 6.70. The Morgan fingerprint density at radius 3 is 2.38 bits per heavy atom. The first kappa shape index (κ1) is 25.0. The van der Waals surface area contributed by atoms with Crippen LogP contribution in [-0.4, -0.2) is 47.2 Å². The zero-order chi connectivity index (χ0) is 24.3. The van der Waals surface area contributed by atoms with E-state index in [4.69, 9.17) is 16.3 Å². The van der Waals surface area contributed by atoms with E-state index >= 15 is 0 Å². The van der Waals surface area contributed by atoms with Gasteiger partial charge in [-0.05, 0) is 94.3 Å². The summed E-state index contributed by atoms with van der Waals surface area (Å²) < 4.78 is 5.91. The number of rotatable bonds is 8. The molecule has 0 bridgehead atoms. The van der Waals surface area contributed by atoms with E-state index in [1.807, 2.05) is 26.8 Å². The summed E-state index contributed by atoms with van der Waals surface area (Å²) >= 11 is 6.48. The lowest BCUT2D eigenvalue weighted by molar-refractivity contribution is -0.123. The van der Waals surface area contributed by atoms with Gasteiger partial charge in [0.1, 0.15) is 17.5 Å². The summed E-state index contributed by atoms with van der Waals surface area (Å²) in [7, 11) is 0. The minimum absolute atomic E-state index is 0.000152. The Hall–Kier alpha value is -2.08. The Morgan fingerprint density at radius 1 is 1.15 bits per heavy atom. The number of nitrogens with zero attached hydrogens (tertiary/aromatic N) is 1. The summed E-state index contributed by atoms with van der Waals surface area (Å²) in [6.07, 6.45) is 3.80. The summed E-state index contributed by atoms with van der Waals surface area (Å²) in [5.41, 5.74) is 3.02. The fourth-order valence-corrected chi connectivity index (χ4v) is 5.36. The zero-order valence-corrected chi connectivity index (χ0v) is 21.3. The molecule has 0 spiro atoms. The van der Waals surface area contributed by atoms with Crippen molar-refractivity contribution in [2.75, 3.05) is 19.6 Å². The van der Waals surface area contributed by atoms with Crippen LogP contribution in [0.25, 0.3) is 0 Å². The van der Waals surface area contributed by atoms with Crippen LogP contribution in [0, 0.1) is 5.92 Å². The largest absolute Gasteiger partial charge is 0.487 e. The van der Waals surface area contributed by atoms with Gasteiger partial charge >= 0.3 is 0 Å². The van der Waals surface area contributed by atoms with Gasteiger partial charge in [-0.2, -0.15) is 0 Å². The maximum atomic E-state index is 13.1. The summed E-state index contributed by atoms with van der Waals surface area (Å²) in [5.74, 6) is 0.899. The molecule has 2 aliphatic rings. The molecule has 1 aliphatic carbocycles. The van der Waals surface area contributed by atoms with Gasteiger partial charge in [0.2, 0.25) is 5.91 Å². The molecule has 1 heterocycles. The van der Waals surface area contributed by atoms with Crippen molar-refractivity contribution in [1.29, 1.82) is 0 Å². The molecule has 1 aliphatic heterocycles. The molecule has 5 nitrogen and oxygen atoms in total. The quantitative estimate of drug-likeness (QED) is 0.557. The Labute approximate surface area is 208 Å². The third kappa shape index (κ3) is 6.53. The van der Waals surface area contributed by atoms with Crippen LogP contribution in [0.15, 0.2) is 42.5 Å². The number of aliphatic hydroxyl groups excluding tert-OH is 1. The predicted octanol–water partition coefficient (Wildman–Crippen LogP) is 4.94. The number of likely N-dealkylation sites (tertiary alicyclic amines) is 1. The summed E-state index contributed by atoms with van der Waals surface area (Å²) in [6.45, 7) is 8.52. The molecule has 1 saturated heterocycles. The predicted molar refractivity (Wildman–Crippen MR) is 136 cm³/mol. The minimum Gasteiger partial charge on any atom is -0.487 e. The van der Waals surface area contributed by atoms with Gasteiger partial charge in [0, 0.05) is 13.0 Å². The number of ether oxygens (including phenoxy) is 1. The number of carbonyl (C=O) groups is 1.